The molecule has 1 heterocycles. The van der Waals surface area contributed by atoms with E-state index >= 15 is 0 Å². The van der Waals surface area contributed by atoms with Gasteiger partial charge in [0, 0.05) is 13.1 Å². The van der Waals surface area contributed by atoms with Gasteiger partial charge in [-0.25, -0.2) is 4.68 Å². The van der Waals surface area contributed by atoms with Crippen molar-refractivity contribution < 1.29 is 4.79 Å². The van der Waals surface area contributed by atoms with Crippen LogP contribution in [0.4, 0.5) is 0 Å². The van der Waals surface area contributed by atoms with E-state index in [9.17, 15) is 4.79 Å². The van der Waals surface area contributed by atoms with Gasteiger partial charge in [-0.1, -0.05) is 18.6 Å². The fraction of sp³-hybridized carbons (Fsp3) is 0.769. The van der Waals surface area contributed by atoms with E-state index in [0.29, 0.717) is 0 Å². The molecule has 1 aliphatic rings. The number of carbonyl (C=O) groups excluding carboxylic acids is 1. The number of unbranched alkanes of at least 4 members (excludes halogenated alkanes) is 1. The summed E-state index contributed by atoms with van der Waals surface area (Å²) in [5.74, 6) is 0.857. The van der Waals surface area contributed by atoms with Crippen molar-refractivity contribution in [2.45, 2.75) is 45.7 Å². The van der Waals surface area contributed by atoms with E-state index < -0.39 is 0 Å². The maximum atomic E-state index is 11.6. The average Bonchev–Trinajstić information content (AvgIpc) is 3.10. The van der Waals surface area contributed by atoms with Gasteiger partial charge in [0.1, 0.15) is 6.54 Å². The van der Waals surface area contributed by atoms with Crippen LogP contribution in [-0.4, -0.2) is 34.0 Å². The molecule has 2 rings (SSSR count). The third-order valence-corrected chi connectivity index (χ3v) is 3.18. The molecule has 0 radical (unpaired) electrons. The van der Waals surface area contributed by atoms with E-state index in [1.807, 2.05) is 6.20 Å². The fourth-order valence-corrected chi connectivity index (χ4v) is 1.83. The first-order valence-corrected chi connectivity index (χ1v) is 7.14. The summed E-state index contributed by atoms with van der Waals surface area (Å²) in [6.07, 6.45) is 6.62. The Morgan fingerprint density at radius 2 is 2.37 bits per heavy atom. The van der Waals surface area contributed by atoms with Crippen LogP contribution in [-0.2, 0) is 17.9 Å². The lowest BCUT2D eigenvalue weighted by Gasteiger charge is -2.03. The van der Waals surface area contributed by atoms with Gasteiger partial charge in [0.05, 0.1) is 11.9 Å². The molecule has 6 nitrogen and oxygen atoms in total. The van der Waals surface area contributed by atoms with Gasteiger partial charge < -0.3 is 10.6 Å². The van der Waals surface area contributed by atoms with Crippen LogP contribution < -0.4 is 10.6 Å². The molecule has 0 unspecified atom stereocenters. The lowest BCUT2D eigenvalue weighted by Crippen LogP contribution is -2.28. The number of nitrogens with zero attached hydrogens (tertiary/aromatic N) is 3. The second kappa shape index (κ2) is 7.23. The van der Waals surface area contributed by atoms with Gasteiger partial charge in [-0.2, -0.15) is 0 Å². The first kappa shape index (κ1) is 14.0. The Morgan fingerprint density at radius 1 is 1.53 bits per heavy atom. The molecule has 0 atom stereocenters. The molecule has 0 bridgehead atoms. The number of hydrogen-bond acceptors (Lipinski definition) is 4. The zero-order chi connectivity index (χ0) is 13.5. The Bertz CT molecular complexity index is 399. The Hall–Kier alpha value is -1.43. The normalized spacial score (nSPS) is 14.6. The molecule has 6 heteroatoms. The lowest BCUT2D eigenvalue weighted by atomic mass is 10.3. The van der Waals surface area contributed by atoms with Crippen molar-refractivity contribution in [2.75, 3.05) is 13.1 Å². The van der Waals surface area contributed by atoms with Crippen LogP contribution in [0, 0.1) is 5.92 Å². The number of amides is 1. The van der Waals surface area contributed by atoms with Crippen LogP contribution in [0.25, 0.3) is 0 Å². The highest BCUT2D eigenvalue weighted by Gasteiger charge is 2.20. The molecule has 0 aromatic carbocycles. The minimum absolute atomic E-state index is 0.00385. The third-order valence-electron chi connectivity index (χ3n) is 3.18. The third kappa shape index (κ3) is 5.38. The molecule has 1 aliphatic carbocycles. The fourth-order valence-electron chi connectivity index (χ4n) is 1.83. The SMILES string of the molecule is CCCCNC(=O)Cn1cc(CNCC2CC2)nn1. The van der Waals surface area contributed by atoms with E-state index in [1.54, 1.807) is 4.68 Å². The monoisotopic (exact) mass is 265 g/mol. The first-order valence-electron chi connectivity index (χ1n) is 7.14. The highest BCUT2D eigenvalue weighted by molar-refractivity contribution is 5.75. The molecule has 19 heavy (non-hydrogen) atoms. The number of nitrogens with one attached hydrogen (secondary N) is 2. The van der Waals surface area contributed by atoms with Crippen molar-refractivity contribution in [1.82, 2.24) is 25.6 Å². The second-order valence-corrected chi connectivity index (χ2v) is 5.19. The van der Waals surface area contributed by atoms with Gasteiger partial charge in [0.2, 0.25) is 5.91 Å². The summed E-state index contributed by atoms with van der Waals surface area (Å²) < 4.78 is 1.59. The van der Waals surface area contributed by atoms with Crippen molar-refractivity contribution in [3.63, 3.8) is 0 Å². The van der Waals surface area contributed by atoms with Gasteiger partial charge >= 0.3 is 0 Å². The molecule has 0 spiro atoms. The van der Waals surface area contributed by atoms with E-state index in [1.165, 1.54) is 12.8 Å². The molecule has 0 aliphatic heterocycles. The maximum Gasteiger partial charge on any atom is 0.241 e. The Balaban J connectivity index is 1.65. The van der Waals surface area contributed by atoms with Crippen LogP contribution in [0.3, 0.4) is 0 Å². The number of aromatic nitrogens is 3. The smallest absolute Gasteiger partial charge is 0.241 e. The molecule has 1 aromatic heterocycles. The largest absolute Gasteiger partial charge is 0.354 e. The molecule has 1 saturated carbocycles. The van der Waals surface area contributed by atoms with E-state index in [-0.39, 0.29) is 12.5 Å². The molecular formula is C13H23N5O. The zero-order valence-corrected chi connectivity index (χ0v) is 11.6. The summed E-state index contributed by atoms with van der Waals surface area (Å²) >= 11 is 0. The van der Waals surface area contributed by atoms with Crippen LogP contribution in [0.2, 0.25) is 0 Å². The second-order valence-electron chi connectivity index (χ2n) is 5.19. The van der Waals surface area contributed by atoms with Gasteiger partial charge in [0.15, 0.2) is 0 Å². The van der Waals surface area contributed by atoms with Crippen molar-refractivity contribution in [3.05, 3.63) is 11.9 Å². The number of hydrogen-bond donors (Lipinski definition) is 2. The van der Waals surface area contributed by atoms with E-state index in [0.717, 1.165) is 44.1 Å². The minimum atomic E-state index is -0.00385. The summed E-state index contributed by atoms with van der Waals surface area (Å²) in [5.41, 5.74) is 0.891. The van der Waals surface area contributed by atoms with Crippen LogP contribution in [0.5, 0.6) is 0 Å². The molecule has 2 N–H and O–H groups in total. The van der Waals surface area contributed by atoms with Crippen LogP contribution in [0.15, 0.2) is 6.20 Å². The van der Waals surface area contributed by atoms with E-state index in [2.05, 4.69) is 27.9 Å². The molecule has 1 fully saturated rings. The number of rotatable bonds is 9. The van der Waals surface area contributed by atoms with Gasteiger partial charge in [-0.05, 0) is 31.7 Å². The van der Waals surface area contributed by atoms with Crippen molar-refractivity contribution in [1.29, 1.82) is 0 Å². The average molecular weight is 265 g/mol. The summed E-state index contributed by atoms with van der Waals surface area (Å²) in [5, 5.41) is 14.2. The summed E-state index contributed by atoms with van der Waals surface area (Å²) in [7, 11) is 0. The first-order chi connectivity index (χ1) is 9.28. The lowest BCUT2D eigenvalue weighted by molar-refractivity contribution is -0.121. The predicted octanol–water partition coefficient (Wildman–Crippen LogP) is 0.694. The van der Waals surface area contributed by atoms with Crippen molar-refractivity contribution in [3.8, 4) is 0 Å². The van der Waals surface area contributed by atoms with Crippen LogP contribution >= 0.6 is 0 Å². The summed E-state index contributed by atoms with van der Waals surface area (Å²) in [6.45, 7) is 4.88. The standard InChI is InChI=1S/C13H23N5O/c1-2-3-6-15-13(19)10-18-9-12(16-17-18)8-14-7-11-4-5-11/h9,11,14H,2-8,10H2,1H3,(H,15,19). The van der Waals surface area contributed by atoms with Crippen LogP contribution in [0.1, 0.15) is 38.3 Å². The maximum absolute atomic E-state index is 11.6. The molecular weight excluding hydrogens is 242 g/mol. The molecule has 1 aromatic rings. The topological polar surface area (TPSA) is 71.8 Å². The Kier molecular flexibility index (Phi) is 5.32. The van der Waals surface area contributed by atoms with E-state index in [4.69, 9.17) is 0 Å². The van der Waals surface area contributed by atoms with Gasteiger partial charge in [-0.3, -0.25) is 4.79 Å². The zero-order valence-electron chi connectivity index (χ0n) is 11.6. The summed E-state index contributed by atoms with van der Waals surface area (Å²) in [6, 6.07) is 0. The Labute approximate surface area is 113 Å². The van der Waals surface area contributed by atoms with Gasteiger partial charge in [0.25, 0.3) is 0 Å². The minimum Gasteiger partial charge on any atom is -0.354 e. The molecule has 1 amide bonds. The number of carbonyl (C=O) groups is 1. The highest BCUT2D eigenvalue weighted by Crippen LogP contribution is 2.27. The highest BCUT2D eigenvalue weighted by atomic mass is 16.2. The quantitative estimate of drug-likeness (QED) is 0.645. The molecule has 106 valence electrons. The van der Waals surface area contributed by atoms with Crippen molar-refractivity contribution >= 4 is 5.91 Å². The molecule has 0 saturated heterocycles. The predicted molar refractivity (Wildman–Crippen MR) is 72.4 cm³/mol. The van der Waals surface area contributed by atoms with Crippen molar-refractivity contribution in [2.24, 2.45) is 5.92 Å². The Morgan fingerprint density at radius 3 is 3.11 bits per heavy atom. The van der Waals surface area contributed by atoms with Gasteiger partial charge in [-0.15, -0.1) is 5.10 Å². The summed E-state index contributed by atoms with van der Waals surface area (Å²) in [4.78, 5) is 11.6.